The van der Waals surface area contributed by atoms with Crippen molar-refractivity contribution in [1.82, 2.24) is 0 Å². The Labute approximate surface area is 225 Å². The topological polar surface area (TPSA) is 30.7 Å². The number of furan rings is 2. The molecule has 1 unspecified atom stereocenters. The minimum absolute atomic E-state index is 0.861. The van der Waals surface area contributed by atoms with Gasteiger partial charge in [0.1, 0.15) is 28.1 Å². The van der Waals surface area contributed by atoms with Crippen LogP contribution in [-0.4, -0.2) is 0 Å². The van der Waals surface area contributed by atoms with Gasteiger partial charge in [0.25, 0.3) is 0 Å². The number of para-hydroxylation sites is 3. The van der Waals surface area contributed by atoms with Crippen molar-refractivity contribution in [3.8, 4) is 11.1 Å². The van der Waals surface area contributed by atoms with E-state index < -0.39 is 0 Å². The third-order valence-electron chi connectivity index (χ3n) is 7.60. The van der Waals surface area contributed by atoms with Crippen LogP contribution >= 0.6 is 0 Å². The molecule has 0 saturated heterocycles. The van der Waals surface area contributed by atoms with E-state index in [0.717, 1.165) is 65.8 Å². The molecule has 0 amide bonds. The van der Waals surface area contributed by atoms with Crippen LogP contribution in [0.15, 0.2) is 148 Å². The first-order valence-corrected chi connectivity index (χ1v) is 13.2. The highest BCUT2D eigenvalue weighted by molar-refractivity contribution is 6.27. The number of fused-ring (bicyclic) bond motifs is 7. The molecule has 8 rings (SSSR count). The number of hydrogen-bond acceptors (Lipinski definition) is 2. The molecule has 0 spiro atoms. The second-order valence-electron chi connectivity index (χ2n) is 9.88. The lowest BCUT2D eigenvalue weighted by atomic mass is 10.0. The Morgan fingerprint density at radius 1 is 0.410 bits per heavy atom. The van der Waals surface area contributed by atoms with Crippen molar-refractivity contribution in [2.45, 2.75) is 0 Å². The molecule has 1 atom stereocenters. The van der Waals surface area contributed by atoms with Crippen molar-refractivity contribution in [3.63, 3.8) is 0 Å². The quantitative estimate of drug-likeness (QED) is 0.260. The summed E-state index contributed by atoms with van der Waals surface area (Å²) >= 11 is 0. The van der Waals surface area contributed by atoms with E-state index in [1.54, 1.807) is 0 Å². The van der Waals surface area contributed by atoms with E-state index in [-0.39, 0.29) is 0 Å². The lowest BCUT2D eigenvalue weighted by molar-refractivity contribution is -0.680. The zero-order valence-electron chi connectivity index (χ0n) is 21.1. The maximum Gasteiger partial charge on any atom is 0.197 e. The molecule has 39 heavy (non-hydrogen) atoms. The standard InChI is InChI=1S/C36H23NO2/c1-3-11-24(12-4-1)25-19-21-27(22-20-25)37(26-13-5-2-6-14-26)30-23-33-34(28-15-7-9-17-31(28)38-33)35-29-16-8-10-18-32(29)39-36(30)35/h1-23H/p+1. The van der Waals surface area contributed by atoms with Crippen LogP contribution in [0.1, 0.15) is 0 Å². The Kier molecular flexibility index (Phi) is 4.90. The van der Waals surface area contributed by atoms with E-state index in [1.165, 1.54) is 11.1 Å². The lowest BCUT2D eigenvalue weighted by Gasteiger charge is -2.19. The molecule has 0 aliphatic carbocycles. The molecule has 3 heteroatoms. The minimum Gasteiger partial charge on any atom is -0.456 e. The van der Waals surface area contributed by atoms with E-state index in [0.29, 0.717) is 0 Å². The predicted octanol–water partition coefficient (Wildman–Crippen LogP) is 9.33. The third-order valence-corrected chi connectivity index (χ3v) is 7.60. The van der Waals surface area contributed by atoms with E-state index in [4.69, 9.17) is 8.83 Å². The fraction of sp³-hybridized carbons (Fsp3) is 0. The Morgan fingerprint density at radius 3 is 1.67 bits per heavy atom. The molecule has 1 N–H and O–H groups in total. The summed E-state index contributed by atoms with van der Waals surface area (Å²) < 4.78 is 13.1. The third kappa shape index (κ3) is 3.48. The van der Waals surface area contributed by atoms with Crippen molar-refractivity contribution in [2.24, 2.45) is 0 Å². The molecule has 0 aliphatic rings. The molecule has 0 fully saturated rings. The second-order valence-corrected chi connectivity index (χ2v) is 9.88. The van der Waals surface area contributed by atoms with Crippen LogP contribution in [0.2, 0.25) is 0 Å². The van der Waals surface area contributed by atoms with Crippen LogP contribution < -0.4 is 4.90 Å². The minimum atomic E-state index is 0.861. The van der Waals surface area contributed by atoms with Crippen molar-refractivity contribution in [1.29, 1.82) is 0 Å². The predicted molar refractivity (Wildman–Crippen MR) is 159 cm³/mol. The van der Waals surface area contributed by atoms with Crippen molar-refractivity contribution < 1.29 is 13.7 Å². The maximum atomic E-state index is 6.66. The van der Waals surface area contributed by atoms with E-state index in [1.807, 2.05) is 30.3 Å². The van der Waals surface area contributed by atoms with Gasteiger partial charge in [0.2, 0.25) is 0 Å². The number of quaternary nitrogens is 1. The summed E-state index contributed by atoms with van der Waals surface area (Å²) in [5.41, 5.74) is 9.15. The zero-order chi connectivity index (χ0) is 25.8. The molecule has 0 saturated carbocycles. The van der Waals surface area contributed by atoms with Gasteiger partial charge in [-0.05, 0) is 47.5 Å². The lowest BCUT2D eigenvalue weighted by Crippen LogP contribution is -2.96. The van der Waals surface area contributed by atoms with Crippen LogP contribution in [0.25, 0.3) is 55.0 Å². The molecular weight excluding hydrogens is 478 g/mol. The van der Waals surface area contributed by atoms with Gasteiger partial charge in [-0.1, -0.05) is 84.9 Å². The van der Waals surface area contributed by atoms with Gasteiger partial charge >= 0.3 is 0 Å². The van der Waals surface area contributed by atoms with Crippen molar-refractivity contribution >= 4 is 60.9 Å². The summed E-state index contributed by atoms with van der Waals surface area (Å²) in [5, 5.41) is 4.39. The summed E-state index contributed by atoms with van der Waals surface area (Å²) in [7, 11) is 0. The highest BCUT2D eigenvalue weighted by Crippen LogP contribution is 2.43. The molecule has 2 heterocycles. The fourth-order valence-corrected chi connectivity index (χ4v) is 5.83. The first-order valence-electron chi connectivity index (χ1n) is 13.2. The number of hydrogen-bond donors (Lipinski definition) is 1. The molecule has 3 nitrogen and oxygen atoms in total. The second kappa shape index (κ2) is 8.73. The molecule has 0 bridgehead atoms. The molecule has 2 aromatic heterocycles. The Bertz CT molecular complexity index is 2100. The average molecular weight is 503 g/mol. The first-order chi connectivity index (χ1) is 19.3. The van der Waals surface area contributed by atoms with Crippen LogP contribution in [0, 0.1) is 0 Å². The monoisotopic (exact) mass is 502 g/mol. The van der Waals surface area contributed by atoms with Crippen molar-refractivity contribution in [3.05, 3.63) is 140 Å². The van der Waals surface area contributed by atoms with Gasteiger partial charge in [0.15, 0.2) is 11.3 Å². The zero-order valence-corrected chi connectivity index (χ0v) is 21.1. The van der Waals surface area contributed by atoms with Crippen LogP contribution in [0.5, 0.6) is 0 Å². The van der Waals surface area contributed by atoms with Crippen LogP contribution in [0.3, 0.4) is 0 Å². The number of nitrogens with one attached hydrogen (secondary N) is 1. The summed E-state index contributed by atoms with van der Waals surface area (Å²) in [6.45, 7) is 0. The SMILES string of the molecule is c1ccc(-c2ccc([NH+](c3ccccc3)c3cc4oc5ccccc5c4c4c3oc3ccccc34)cc2)cc1. The summed E-state index contributed by atoms with van der Waals surface area (Å²) in [4.78, 5) is 1.11. The summed E-state index contributed by atoms with van der Waals surface area (Å²) in [6.07, 6.45) is 0. The van der Waals surface area contributed by atoms with E-state index in [2.05, 4.69) is 109 Å². The fourth-order valence-electron chi connectivity index (χ4n) is 5.83. The first kappa shape index (κ1) is 21.9. The van der Waals surface area contributed by atoms with Gasteiger partial charge in [-0.25, -0.2) is 4.90 Å². The number of rotatable bonds is 4. The van der Waals surface area contributed by atoms with E-state index >= 15 is 0 Å². The molecule has 6 aromatic carbocycles. The van der Waals surface area contributed by atoms with Gasteiger partial charge in [-0.2, -0.15) is 0 Å². The summed E-state index contributed by atoms with van der Waals surface area (Å²) in [6, 6.07) is 48.6. The smallest absolute Gasteiger partial charge is 0.197 e. The maximum absolute atomic E-state index is 6.66. The Hall–Kier alpha value is -5.12. The number of benzene rings is 6. The van der Waals surface area contributed by atoms with Gasteiger partial charge in [0, 0.05) is 39.7 Å². The highest BCUT2D eigenvalue weighted by atomic mass is 16.3. The normalized spacial score (nSPS) is 12.5. The van der Waals surface area contributed by atoms with Gasteiger partial charge < -0.3 is 8.83 Å². The Morgan fingerprint density at radius 2 is 0.949 bits per heavy atom. The highest BCUT2D eigenvalue weighted by Gasteiger charge is 2.28. The molecular formula is C36H24NO2+. The van der Waals surface area contributed by atoms with Gasteiger partial charge in [-0.15, -0.1) is 0 Å². The molecule has 8 aromatic rings. The van der Waals surface area contributed by atoms with Gasteiger partial charge in [-0.3, -0.25) is 0 Å². The molecule has 0 radical (unpaired) electrons. The Balaban J connectivity index is 1.44. The summed E-state index contributed by atoms with van der Waals surface area (Å²) in [5.74, 6) is 0. The molecule has 184 valence electrons. The van der Waals surface area contributed by atoms with Crippen LogP contribution in [0.4, 0.5) is 17.1 Å². The van der Waals surface area contributed by atoms with Crippen LogP contribution in [-0.2, 0) is 0 Å². The molecule has 0 aliphatic heterocycles. The van der Waals surface area contributed by atoms with Crippen molar-refractivity contribution in [2.75, 3.05) is 0 Å². The van der Waals surface area contributed by atoms with E-state index in [9.17, 15) is 0 Å². The average Bonchev–Trinajstić information content (AvgIpc) is 3.57. The van der Waals surface area contributed by atoms with Gasteiger partial charge in [0.05, 0.1) is 0 Å². The largest absolute Gasteiger partial charge is 0.456 e.